The van der Waals surface area contributed by atoms with Gasteiger partial charge in [0.15, 0.2) is 0 Å². The van der Waals surface area contributed by atoms with Crippen LogP contribution >= 0.6 is 0 Å². The molecule has 1 aliphatic rings. The van der Waals surface area contributed by atoms with Crippen LogP contribution in [-0.4, -0.2) is 18.8 Å². The Morgan fingerprint density at radius 3 is 2.42 bits per heavy atom. The number of hydrogen-bond acceptors (Lipinski definition) is 3. The molecule has 3 aromatic rings. The molecule has 3 nitrogen and oxygen atoms in total. The summed E-state index contributed by atoms with van der Waals surface area (Å²) >= 11 is 0. The molecular weight excluding hydrogens is 382 g/mol. The van der Waals surface area contributed by atoms with E-state index in [1.807, 2.05) is 12.1 Å². The number of phenols is 1. The number of rotatable bonds is 7. The first-order valence-electron chi connectivity index (χ1n) is 11.4. The first-order chi connectivity index (χ1) is 15.1. The summed E-state index contributed by atoms with van der Waals surface area (Å²) in [6.07, 6.45) is 4.18. The molecular formula is C28H33NO2. The summed E-state index contributed by atoms with van der Waals surface area (Å²) < 4.78 is 5.59. The topological polar surface area (TPSA) is 32.7 Å². The number of ether oxygens (including phenoxy) is 1. The van der Waals surface area contributed by atoms with Crippen LogP contribution in [0.15, 0.2) is 60.7 Å². The molecule has 0 aromatic heterocycles. The lowest BCUT2D eigenvalue weighted by atomic mass is 9.79. The third-order valence-electron chi connectivity index (χ3n) is 6.62. The first kappa shape index (κ1) is 21.3. The standard InChI is InChI=1S/C28H33NO2/c1-4-20-6-8-21(9-7-20)19-29(5-2)28-18-26(31-3)14-15-27(28)24-11-10-23-17-25(30)13-12-22(23)16-24/h6-9,12-15,17-18,24,30H,4-5,10-11,16,19H2,1-3H3/t24-/m1/s1. The Balaban J connectivity index is 1.65. The second-order valence-corrected chi connectivity index (χ2v) is 8.50. The van der Waals surface area contributed by atoms with Crippen molar-refractivity contribution in [2.75, 3.05) is 18.6 Å². The number of benzene rings is 3. The van der Waals surface area contributed by atoms with Crippen LogP contribution in [0.1, 0.15) is 54.0 Å². The van der Waals surface area contributed by atoms with Gasteiger partial charge in [-0.25, -0.2) is 0 Å². The molecule has 31 heavy (non-hydrogen) atoms. The summed E-state index contributed by atoms with van der Waals surface area (Å²) in [5, 5.41) is 9.83. The monoisotopic (exact) mass is 415 g/mol. The van der Waals surface area contributed by atoms with Crippen LogP contribution in [0.4, 0.5) is 5.69 Å². The van der Waals surface area contributed by atoms with Gasteiger partial charge in [0.05, 0.1) is 7.11 Å². The Morgan fingerprint density at radius 2 is 1.71 bits per heavy atom. The SMILES string of the molecule is CCc1ccc(CN(CC)c2cc(OC)ccc2[C@@H]2CCc3cc(O)ccc3C2)cc1. The largest absolute Gasteiger partial charge is 0.508 e. The molecule has 1 atom stereocenters. The number of hydrogen-bond donors (Lipinski definition) is 1. The van der Waals surface area contributed by atoms with Crippen molar-refractivity contribution in [1.29, 1.82) is 0 Å². The normalized spacial score (nSPS) is 15.4. The van der Waals surface area contributed by atoms with Crippen LogP contribution in [0.3, 0.4) is 0 Å². The van der Waals surface area contributed by atoms with Gasteiger partial charge in [-0.2, -0.15) is 0 Å². The van der Waals surface area contributed by atoms with E-state index in [1.165, 1.54) is 33.5 Å². The van der Waals surface area contributed by atoms with E-state index < -0.39 is 0 Å². The first-order valence-corrected chi connectivity index (χ1v) is 11.4. The van der Waals surface area contributed by atoms with Crippen LogP contribution in [0.5, 0.6) is 11.5 Å². The highest BCUT2D eigenvalue weighted by Gasteiger charge is 2.24. The molecule has 0 unspecified atom stereocenters. The van der Waals surface area contributed by atoms with Gasteiger partial charge >= 0.3 is 0 Å². The molecule has 0 fully saturated rings. The molecule has 0 saturated heterocycles. The smallest absolute Gasteiger partial charge is 0.120 e. The van der Waals surface area contributed by atoms with Crippen molar-refractivity contribution in [3.8, 4) is 11.5 Å². The van der Waals surface area contributed by atoms with Gasteiger partial charge < -0.3 is 14.7 Å². The Morgan fingerprint density at radius 1 is 0.935 bits per heavy atom. The summed E-state index contributed by atoms with van der Waals surface area (Å²) in [6.45, 7) is 6.24. The van der Waals surface area contributed by atoms with Crippen LogP contribution < -0.4 is 9.64 Å². The molecule has 0 aliphatic heterocycles. The van der Waals surface area contributed by atoms with E-state index in [9.17, 15) is 5.11 Å². The maximum Gasteiger partial charge on any atom is 0.120 e. The van der Waals surface area contributed by atoms with Crippen LogP contribution in [0.25, 0.3) is 0 Å². The molecule has 1 aliphatic carbocycles. The van der Waals surface area contributed by atoms with Gasteiger partial charge in [-0.1, -0.05) is 43.3 Å². The number of aromatic hydroxyl groups is 1. The van der Waals surface area contributed by atoms with Crippen LogP contribution in [0, 0.1) is 0 Å². The van der Waals surface area contributed by atoms with E-state index in [-0.39, 0.29) is 0 Å². The lowest BCUT2D eigenvalue weighted by Gasteiger charge is -2.32. The molecule has 0 heterocycles. The number of fused-ring (bicyclic) bond motifs is 1. The predicted octanol–water partition coefficient (Wildman–Crippen LogP) is 6.26. The van der Waals surface area contributed by atoms with E-state index in [2.05, 4.69) is 67.3 Å². The molecule has 0 saturated carbocycles. The summed E-state index contributed by atoms with van der Waals surface area (Å²) in [5.74, 6) is 1.74. The summed E-state index contributed by atoms with van der Waals surface area (Å²) in [6, 6.07) is 21.4. The van der Waals surface area contributed by atoms with Gasteiger partial charge in [-0.3, -0.25) is 0 Å². The molecule has 4 rings (SSSR count). The summed E-state index contributed by atoms with van der Waals surface area (Å²) in [5.41, 5.74) is 8.02. The van der Waals surface area contributed by atoms with E-state index in [4.69, 9.17) is 4.74 Å². The average molecular weight is 416 g/mol. The molecule has 0 bridgehead atoms. The molecule has 0 spiro atoms. The zero-order valence-corrected chi connectivity index (χ0v) is 18.9. The molecule has 3 aromatic carbocycles. The van der Waals surface area contributed by atoms with Crippen molar-refractivity contribution in [2.45, 2.75) is 52.0 Å². The maximum absolute atomic E-state index is 9.83. The fourth-order valence-corrected chi connectivity index (χ4v) is 4.74. The van der Waals surface area contributed by atoms with Crippen molar-refractivity contribution in [1.82, 2.24) is 0 Å². The van der Waals surface area contributed by atoms with E-state index in [0.29, 0.717) is 11.7 Å². The molecule has 1 N–H and O–H groups in total. The molecule has 0 radical (unpaired) electrons. The van der Waals surface area contributed by atoms with Gasteiger partial charge in [0.1, 0.15) is 11.5 Å². The van der Waals surface area contributed by atoms with Crippen molar-refractivity contribution in [3.63, 3.8) is 0 Å². The van der Waals surface area contributed by atoms with Crippen molar-refractivity contribution < 1.29 is 9.84 Å². The second-order valence-electron chi connectivity index (χ2n) is 8.50. The highest BCUT2D eigenvalue weighted by atomic mass is 16.5. The minimum Gasteiger partial charge on any atom is -0.508 e. The Kier molecular flexibility index (Phi) is 6.50. The fraction of sp³-hybridized carbons (Fsp3) is 0.357. The Hall–Kier alpha value is -2.94. The number of nitrogens with zero attached hydrogens (tertiary/aromatic N) is 1. The number of anilines is 1. The van der Waals surface area contributed by atoms with E-state index in [1.54, 1.807) is 7.11 Å². The minimum atomic E-state index is 0.369. The number of phenolic OH excluding ortho intramolecular Hbond substituents is 1. The molecule has 3 heteroatoms. The highest BCUT2D eigenvalue weighted by molar-refractivity contribution is 5.60. The third kappa shape index (κ3) is 4.71. The predicted molar refractivity (Wildman–Crippen MR) is 128 cm³/mol. The quantitative estimate of drug-likeness (QED) is 0.494. The molecule has 0 amide bonds. The zero-order valence-electron chi connectivity index (χ0n) is 18.9. The van der Waals surface area contributed by atoms with E-state index >= 15 is 0 Å². The van der Waals surface area contributed by atoms with Crippen molar-refractivity contribution in [2.24, 2.45) is 0 Å². The summed E-state index contributed by atoms with van der Waals surface area (Å²) in [7, 11) is 1.74. The van der Waals surface area contributed by atoms with Gasteiger partial charge in [-0.15, -0.1) is 0 Å². The number of methoxy groups -OCH3 is 1. The Bertz CT molecular complexity index is 1030. The zero-order chi connectivity index (χ0) is 21.8. The average Bonchev–Trinajstić information content (AvgIpc) is 2.82. The van der Waals surface area contributed by atoms with Crippen molar-refractivity contribution >= 4 is 5.69 Å². The number of aryl methyl sites for hydroxylation is 2. The lowest BCUT2D eigenvalue weighted by molar-refractivity contribution is 0.414. The molecule has 162 valence electrons. The maximum atomic E-state index is 9.83. The second kappa shape index (κ2) is 9.47. The fourth-order valence-electron chi connectivity index (χ4n) is 4.74. The highest BCUT2D eigenvalue weighted by Crippen LogP contribution is 2.40. The van der Waals surface area contributed by atoms with E-state index in [0.717, 1.165) is 44.5 Å². The van der Waals surface area contributed by atoms with Crippen molar-refractivity contribution in [3.05, 3.63) is 88.5 Å². The third-order valence-corrected chi connectivity index (χ3v) is 6.62. The van der Waals surface area contributed by atoms with Gasteiger partial charge in [0, 0.05) is 24.8 Å². The lowest BCUT2D eigenvalue weighted by Crippen LogP contribution is -2.25. The van der Waals surface area contributed by atoms with Crippen LogP contribution in [-0.2, 0) is 25.8 Å². The van der Waals surface area contributed by atoms with Gasteiger partial charge in [0.2, 0.25) is 0 Å². The van der Waals surface area contributed by atoms with Gasteiger partial charge in [-0.05, 0) is 84.5 Å². The minimum absolute atomic E-state index is 0.369. The summed E-state index contributed by atoms with van der Waals surface area (Å²) in [4.78, 5) is 2.46. The van der Waals surface area contributed by atoms with Gasteiger partial charge in [0.25, 0.3) is 0 Å². The Labute approximate surface area is 186 Å². The van der Waals surface area contributed by atoms with Crippen LogP contribution in [0.2, 0.25) is 0 Å².